The van der Waals surface area contributed by atoms with Gasteiger partial charge in [0.15, 0.2) is 0 Å². The number of carbonyl (C=O) groups excluding carboxylic acids is 2. The van der Waals surface area contributed by atoms with Crippen LogP contribution >= 0.6 is 0 Å². The molecule has 5 heteroatoms. The maximum absolute atomic E-state index is 12.3. The quantitative estimate of drug-likeness (QED) is 0.807. The summed E-state index contributed by atoms with van der Waals surface area (Å²) in [4.78, 5) is 25.6. The van der Waals surface area contributed by atoms with Gasteiger partial charge in [-0.15, -0.1) is 0 Å². The van der Waals surface area contributed by atoms with Gasteiger partial charge in [0.25, 0.3) is 5.91 Å². The van der Waals surface area contributed by atoms with Gasteiger partial charge in [-0.1, -0.05) is 19.3 Å². The fourth-order valence-electron chi connectivity index (χ4n) is 3.73. The summed E-state index contributed by atoms with van der Waals surface area (Å²) in [6, 6.07) is 5.59. The van der Waals surface area contributed by atoms with Crippen LogP contribution < -0.4 is 10.2 Å². The Morgan fingerprint density at radius 1 is 1.24 bits per heavy atom. The summed E-state index contributed by atoms with van der Waals surface area (Å²) < 4.78 is 5.88. The van der Waals surface area contributed by atoms with Crippen LogP contribution in [0, 0.1) is 0 Å². The monoisotopic (exact) mass is 344 g/mol. The molecule has 136 valence electrons. The molecule has 1 N–H and O–H groups in total. The summed E-state index contributed by atoms with van der Waals surface area (Å²) >= 11 is 0. The second kappa shape index (κ2) is 8.48. The zero-order chi connectivity index (χ0) is 17.6. The van der Waals surface area contributed by atoms with Crippen LogP contribution in [-0.4, -0.2) is 37.6 Å². The van der Waals surface area contributed by atoms with Crippen molar-refractivity contribution in [3.63, 3.8) is 0 Å². The van der Waals surface area contributed by atoms with E-state index in [1.54, 1.807) is 17.9 Å². The van der Waals surface area contributed by atoms with E-state index in [0.717, 1.165) is 24.1 Å². The van der Waals surface area contributed by atoms with E-state index in [4.69, 9.17) is 4.74 Å². The van der Waals surface area contributed by atoms with Gasteiger partial charge < -0.3 is 15.0 Å². The highest BCUT2D eigenvalue weighted by Gasteiger charge is 2.23. The summed E-state index contributed by atoms with van der Waals surface area (Å²) in [6.07, 6.45) is 8.32. The van der Waals surface area contributed by atoms with Crippen molar-refractivity contribution in [1.29, 1.82) is 0 Å². The Kier molecular flexibility index (Phi) is 6.08. The predicted molar refractivity (Wildman–Crippen MR) is 97.9 cm³/mol. The molecule has 3 rings (SSSR count). The van der Waals surface area contributed by atoms with Gasteiger partial charge in [0, 0.05) is 37.9 Å². The maximum Gasteiger partial charge on any atom is 0.251 e. The van der Waals surface area contributed by atoms with Crippen LogP contribution in [0.5, 0.6) is 0 Å². The molecular formula is C20H28N2O3. The van der Waals surface area contributed by atoms with Crippen LogP contribution in [0.2, 0.25) is 0 Å². The third-order valence-electron chi connectivity index (χ3n) is 5.13. The predicted octanol–water partition coefficient (Wildman–Crippen LogP) is 3.06. The molecule has 1 aliphatic carbocycles. The number of nitrogens with zero attached hydrogens (tertiary/aromatic N) is 1. The summed E-state index contributed by atoms with van der Waals surface area (Å²) in [6.45, 7) is 3.62. The van der Waals surface area contributed by atoms with E-state index >= 15 is 0 Å². The molecule has 0 spiro atoms. The average Bonchev–Trinajstić information content (AvgIpc) is 3.05. The Morgan fingerprint density at radius 2 is 2.04 bits per heavy atom. The van der Waals surface area contributed by atoms with Crippen LogP contribution in [0.3, 0.4) is 0 Å². The van der Waals surface area contributed by atoms with Crippen molar-refractivity contribution in [2.75, 3.05) is 24.6 Å². The highest BCUT2D eigenvalue weighted by molar-refractivity contribution is 5.97. The first-order valence-electron chi connectivity index (χ1n) is 9.46. The molecule has 0 unspecified atom stereocenters. The Hall–Kier alpha value is -1.88. The number of anilines is 1. The number of ether oxygens (including phenoxy) is 1. The van der Waals surface area contributed by atoms with E-state index in [1.165, 1.54) is 32.1 Å². The third kappa shape index (κ3) is 4.60. The van der Waals surface area contributed by atoms with E-state index < -0.39 is 0 Å². The largest absolute Gasteiger partial charge is 0.378 e. The van der Waals surface area contributed by atoms with E-state index in [0.29, 0.717) is 31.4 Å². The number of benzene rings is 1. The fraction of sp³-hybridized carbons (Fsp3) is 0.600. The van der Waals surface area contributed by atoms with E-state index in [9.17, 15) is 9.59 Å². The molecule has 1 fully saturated rings. The van der Waals surface area contributed by atoms with Crippen molar-refractivity contribution in [3.8, 4) is 0 Å². The first-order chi connectivity index (χ1) is 12.1. The molecule has 2 amide bonds. The third-order valence-corrected chi connectivity index (χ3v) is 5.13. The number of fused-ring (bicyclic) bond motifs is 1. The Balaban J connectivity index is 1.42. The van der Waals surface area contributed by atoms with Crippen molar-refractivity contribution < 1.29 is 14.3 Å². The second-order valence-corrected chi connectivity index (χ2v) is 7.00. The maximum atomic E-state index is 12.3. The lowest BCUT2D eigenvalue weighted by atomic mass is 9.98. The normalized spacial score (nSPS) is 17.4. The Labute approximate surface area is 149 Å². The highest BCUT2D eigenvalue weighted by atomic mass is 16.5. The summed E-state index contributed by atoms with van der Waals surface area (Å²) in [5.41, 5.74) is 2.67. The molecular weight excluding hydrogens is 316 g/mol. The van der Waals surface area contributed by atoms with Crippen LogP contribution in [0.25, 0.3) is 0 Å². The molecule has 0 saturated heterocycles. The van der Waals surface area contributed by atoms with Crippen LogP contribution in [0.1, 0.15) is 61.4 Å². The van der Waals surface area contributed by atoms with Gasteiger partial charge in [-0.3, -0.25) is 9.59 Å². The lowest BCUT2D eigenvalue weighted by Gasteiger charge is -2.21. The Bertz CT molecular complexity index is 623. The van der Waals surface area contributed by atoms with Gasteiger partial charge >= 0.3 is 0 Å². The number of rotatable bonds is 6. The fourth-order valence-corrected chi connectivity index (χ4v) is 3.73. The summed E-state index contributed by atoms with van der Waals surface area (Å²) in [7, 11) is 0. The van der Waals surface area contributed by atoms with Crippen molar-refractivity contribution in [2.24, 2.45) is 0 Å². The molecule has 0 aromatic heterocycles. The second-order valence-electron chi connectivity index (χ2n) is 7.00. The average molecular weight is 344 g/mol. The summed E-state index contributed by atoms with van der Waals surface area (Å²) in [5, 5.41) is 2.96. The minimum Gasteiger partial charge on any atom is -0.378 e. The topological polar surface area (TPSA) is 58.6 Å². The SMILES string of the molecule is CC(=O)N1CCc2cc(C(=O)NCCCOC3CCCCC3)ccc21. The Morgan fingerprint density at radius 3 is 2.80 bits per heavy atom. The van der Waals surface area contributed by atoms with Gasteiger partial charge in [0.1, 0.15) is 0 Å². The molecule has 5 nitrogen and oxygen atoms in total. The van der Waals surface area contributed by atoms with E-state index in [1.807, 2.05) is 12.1 Å². The van der Waals surface area contributed by atoms with E-state index in [2.05, 4.69) is 5.32 Å². The molecule has 25 heavy (non-hydrogen) atoms. The minimum absolute atomic E-state index is 0.0499. The van der Waals surface area contributed by atoms with Gasteiger partial charge in [0.2, 0.25) is 5.91 Å². The molecule has 1 saturated carbocycles. The van der Waals surface area contributed by atoms with Crippen LogP contribution in [0.15, 0.2) is 18.2 Å². The van der Waals surface area contributed by atoms with Crippen molar-refractivity contribution in [2.45, 2.75) is 58.0 Å². The minimum atomic E-state index is -0.0539. The molecule has 0 radical (unpaired) electrons. The number of hydrogen-bond acceptors (Lipinski definition) is 3. The molecule has 2 aliphatic rings. The smallest absolute Gasteiger partial charge is 0.251 e. The first kappa shape index (κ1) is 17.9. The molecule has 1 aromatic rings. The van der Waals surface area contributed by atoms with Gasteiger partial charge in [0.05, 0.1) is 6.10 Å². The number of carbonyl (C=O) groups is 2. The van der Waals surface area contributed by atoms with Gasteiger partial charge in [-0.05, 0) is 49.4 Å². The van der Waals surface area contributed by atoms with Gasteiger partial charge in [-0.25, -0.2) is 0 Å². The van der Waals surface area contributed by atoms with Crippen molar-refractivity contribution in [1.82, 2.24) is 5.32 Å². The van der Waals surface area contributed by atoms with E-state index in [-0.39, 0.29) is 11.8 Å². The van der Waals surface area contributed by atoms with Crippen molar-refractivity contribution in [3.05, 3.63) is 29.3 Å². The van der Waals surface area contributed by atoms with Crippen LogP contribution in [-0.2, 0) is 16.0 Å². The number of hydrogen-bond donors (Lipinski definition) is 1. The van der Waals surface area contributed by atoms with Crippen molar-refractivity contribution >= 4 is 17.5 Å². The lowest BCUT2D eigenvalue weighted by molar-refractivity contribution is -0.116. The number of nitrogens with one attached hydrogen (secondary N) is 1. The molecule has 1 aliphatic heterocycles. The highest BCUT2D eigenvalue weighted by Crippen LogP contribution is 2.28. The molecule has 0 atom stereocenters. The number of amides is 2. The molecule has 0 bridgehead atoms. The first-order valence-corrected chi connectivity index (χ1v) is 9.46. The standard InChI is InChI=1S/C20H28N2O3/c1-15(23)22-12-10-16-14-17(8-9-19(16)22)20(24)21-11-5-13-25-18-6-3-2-4-7-18/h8-9,14,18H,2-7,10-13H2,1H3,(H,21,24). The molecule has 1 aromatic carbocycles. The van der Waals surface area contributed by atoms with Gasteiger partial charge in [-0.2, -0.15) is 0 Å². The zero-order valence-corrected chi connectivity index (χ0v) is 15.1. The van der Waals surface area contributed by atoms with Crippen LogP contribution in [0.4, 0.5) is 5.69 Å². The molecule has 1 heterocycles. The lowest BCUT2D eigenvalue weighted by Crippen LogP contribution is -2.27. The summed E-state index contributed by atoms with van der Waals surface area (Å²) in [5.74, 6) is -0.00402. The zero-order valence-electron chi connectivity index (χ0n) is 15.1.